The van der Waals surface area contributed by atoms with Crippen LogP contribution in [0, 0.1) is 23.7 Å². The van der Waals surface area contributed by atoms with E-state index in [0.717, 1.165) is 19.3 Å². The van der Waals surface area contributed by atoms with Crippen LogP contribution in [0.25, 0.3) is 0 Å². The fraction of sp³-hybridized carbons (Fsp3) is 0.500. The number of carbonyl (C=O) groups is 2. The van der Waals surface area contributed by atoms with Crippen LogP contribution in [0.4, 0.5) is 4.79 Å². The standard InChI is InChI=1S/C32H37NO4Si/c1-32(2,3)38(23-10-6-4-7-11-23,24-12-8-5-9-13-24)37-27-19-22-18-25(27)29-30(22)36-31(35)33(29)28-21-15-14-20(16-21)17-26(28)34/h4-15,20-22,25,27-30H,16-19H2,1-3H3/t20-,21+,22-,25+,27-,28+,29-,30+/m0/s1. The van der Waals surface area contributed by atoms with Gasteiger partial charge in [-0.3, -0.25) is 9.69 Å². The number of rotatable bonds is 5. The van der Waals surface area contributed by atoms with Crippen molar-refractivity contribution in [3.05, 3.63) is 72.8 Å². The second-order valence-corrected chi connectivity index (χ2v) is 17.4. The van der Waals surface area contributed by atoms with E-state index in [2.05, 4.69) is 93.6 Å². The highest BCUT2D eigenvalue weighted by Gasteiger charge is 2.66. The van der Waals surface area contributed by atoms with E-state index < -0.39 is 8.32 Å². The van der Waals surface area contributed by atoms with Crippen LogP contribution < -0.4 is 10.4 Å². The summed E-state index contributed by atoms with van der Waals surface area (Å²) in [5, 5.41) is 2.44. The zero-order valence-corrected chi connectivity index (χ0v) is 23.5. The Kier molecular flexibility index (Phi) is 5.54. The van der Waals surface area contributed by atoms with Gasteiger partial charge < -0.3 is 9.16 Å². The van der Waals surface area contributed by atoms with Crippen molar-refractivity contribution in [2.45, 2.75) is 75.8 Å². The van der Waals surface area contributed by atoms with E-state index in [-0.39, 0.29) is 59.0 Å². The Balaban J connectivity index is 1.27. The van der Waals surface area contributed by atoms with Gasteiger partial charge in [-0.1, -0.05) is 93.6 Å². The highest BCUT2D eigenvalue weighted by atomic mass is 28.4. The Morgan fingerprint density at radius 1 is 0.895 bits per heavy atom. The van der Waals surface area contributed by atoms with E-state index in [1.807, 2.05) is 4.90 Å². The van der Waals surface area contributed by atoms with Gasteiger partial charge in [-0.25, -0.2) is 4.79 Å². The van der Waals surface area contributed by atoms with E-state index in [1.165, 1.54) is 10.4 Å². The Bertz CT molecular complexity index is 1230. The zero-order valence-electron chi connectivity index (χ0n) is 22.5. The maximum absolute atomic E-state index is 13.3. The van der Waals surface area contributed by atoms with E-state index in [9.17, 15) is 9.59 Å². The number of benzene rings is 2. The first kappa shape index (κ1) is 24.3. The highest BCUT2D eigenvalue weighted by molar-refractivity contribution is 6.99. The average Bonchev–Trinajstić information content (AvgIpc) is 3.65. The molecule has 3 saturated carbocycles. The van der Waals surface area contributed by atoms with Crippen molar-refractivity contribution in [1.29, 1.82) is 0 Å². The first-order valence-corrected chi connectivity index (χ1v) is 16.2. The number of ketones is 1. The van der Waals surface area contributed by atoms with Crippen LogP contribution >= 0.6 is 0 Å². The summed E-state index contributed by atoms with van der Waals surface area (Å²) in [6.45, 7) is 6.94. The van der Waals surface area contributed by atoms with Crippen molar-refractivity contribution in [3.63, 3.8) is 0 Å². The Labute approximate surface area is 226 Å². The van der Waals surface area contributed by atoms with Crippen LogP contribution in [0.5, 0.6) is 0 Å². The van der Waals surface area contributed by atoms with Crippen molar-refractivity contribution in [3.8, 4) is 0 Å². The lowest BCUT2D eigenvalue weighted by Crippen LogP contribution is -2.68. The number of ether oxygens (including phenoxy) is 1. The summed E-state index contributed by atoms with van der Waals surface area (Å²) in [6, 6.07) is 21.1. The molecule has 2 aromatic carbocycles. The van der Waals surface area contributed by atoms with Gasteiger partial charge in [0.05, 0.1) is 12.1 Å². The molecule has 1 aliphatic heterocycles. The van der Waals surface area contributed by atoms with Gasteiger partial charge in [0.25, 0.3) is 8.32 Å². The van der Waals surface area contributed by atoms with E-state index in [1.54, 1.807) is 0 Å². The number of allylic oxidation sites excluding steroid dienone is 1. The summed E-state index contributed by atoms with van der Waals surface area (Å²) < 4.78 is 13.6. The van der Waals surface area contributed by atoms with Crippen molar-refractivity contribution < 1.29 is 18.8 Å². The average molecular weight is 528 g/mol. The normalized spacial score (nSPS) is 35.6. The summed E-state index contributed by atoms with van der Waals surface area (Å²) in [6.07, 6.45) is 7.35. The van der Waals surface area contributed by atoms with Crippen LogP contribution in [-0.2, 0) is 14.0 Å². The fourth-order valence-corrected chi connectivity index (χ4v) is 13.3. The molecule has 1 heterocycles. The molecule has 4 aliphatic carbocycles. The van der Waals surface area contributed by atoms with Gasteiger partial charge >= 0.3 is 6.09 Å². The molecule has 7 rings (SSSR count). The number of fused-ring (bicyclic) bond motifs is 7. The minimum atomic E-state index is -2.72. The van der Waals surface area contributed by atoms with Gasteiger partial charge in [0.2, 0.25) is 0 Å². The summed E-state index contributed by atoms with van der Waals surface area (Å²) in [4.78, 5) is 28.5. The lowest BCUT2D eigenvalue weighted by molar-refractivity contribution is -0.128. The summed E-state index contributed by atoms with van der Waals surface area (Å²) in [7, 11) is -2.72. The number of Topliss-reactive ketones (excluding diaryl/α,β-unsaturated/α-hetero) is 1. The monoisotopic (exact) mass is 527 g/mol. The maximum atomic E-state index is 13.3. The van der Waals surface area contributed by atoms with Gasteiger partial charge in [-0.05, 0) is 40.6 Å². The lowest BCUT2D eigenvalue weighted by Gasteiger charge is -2.47. The first-order chi connectivity index (χ1) is 18.3. The number of hydrogen-bond acceptors (Lipinski definition) is 4. The molecule has 5 nitrogen and oxygen atoms in total. The van der Waals surface area contributed by atoms with E-state index >= 15 is 0 Å². The maximum Gasteiger partial charge on any atom is 0.411 e. The molecule has 1 saturated heterocycles. The van der Waals surface area contributed by atoms with Crippen LogP contribution in [0.1, 0.15) is 46.5 Å². The van der Waals surface area contributed by atoms with Crippen molar-refractivity contribution in [2.75, 3.05) is 0 Å². The van der Waals surface area contributed by atoms with Gasteiger partial charge in [0.1, 0.15) is 12.1 Å². The molecule has 2 aromatic rings. The Morgan fingerprint density at radius 3 is 2.18 bits per heavy atom. The smallest absolute Gasteiger partial charge is 0.411 e. The molecular formula is C32H37NO4Si. The minimum Gasteiger partial charge on any atom is -0.444 e. The quantitative estimate of drug-likeness (QED) is 0.418. The minimum absolute atomic E-state index is 0.0233. The van der Waals surface area contributed by atoms with Crippen LogP contribution in [0.3, 0.4) is 0 Å². The molecule has 0 radical (unpaired) electrons. The molecule has 5 aliphatic rings. The van der Waals surface area contributed by atoms with Gasteiger partial charge in [0, 0.05) is 24.2 Å². The molecule has 0 N–H and O–H groups in total. The number of carbonyl (C=O) groups excluding carboxylic acids is 2. The third kappa shape index (κ3) is 3.45. The van der Waals surface area contributed by atoms with Crippen molar-refractivity contribution in [1.82, 2.24) is 4.90 Å². The molecule has 0 spiro atoms. The predicted octanol–water partition coefficient (Wildman–Crippen LogP) is 4.69. The molecule has 1 amide bonds. The SMILES string of the molecule is CC(C)(C)[Si](O[C@H]1C[C@@H]2C[C@H]1[C@H]1[C@@H]2OC(=O)N1[C@H]1C(=O)C[C@H]2C=C[C@@H]1C2)(c1ccccc1)c1ccccc1. The van der Waals surface area contributed by atoms with Crippen molar-refractivity contribution >= 4 is 30.6 Å². The van der Waals surface area contributed by atoms with Crippen LogP contribution in [0.15, 0.2) is 72.8 Å². The molecule has 38 heavy (non-hydrogen) atoms. The number of amides is 1. The third-order valence-corrected chi connectivity index (χ3v) is 15.1. The molecule has 198 valence electrons. The highest BCUT2D eigenvalue weighted by Crippen LogP contribution is 2.55. The van der Waals surface area contributed by atoms with Gasteiger partial charge in [-0.15, -0.1) is 0 Å². The third-order valence-electron chi connectivity index (χ3n) is 10.0. The van der Waals surface area contributed by atoms with Crippen LogP contribution in [-0.4, -0.2) is 49.4 Å². The zero-order chi connectivity index (χ0) is 26.2. The topological polar surface area (TPSA) is 55.8 Å². The second kappa shape index (κ2) is 8.65. The van der Waals surface area contributed by atoms with Gasteiger partial charge in [-0.2, -0.15) is 0 Å². The lowest BCUT2D eigenvalue weighted by atomic mass is 9.80. The number of nitrogens with zero attached hydrogens (tertiary/aromatic N) is 1. The van der Waals surface area contributed by atoms with Crippen LogP contribution in [0.2, 0.25) is 5.04 Å². The van der Waals surface area contributed by atoms with E-state index in [4.69, 9.17) is 9.16 Å². The Morgan fingerprint density at radius 2 is 1.55 bits per heavy atom. The second-order valence-electron chi connectivity index (χ2n) is 13.1. The molecular weight excluding hydrogens is 490 g/mol. The Hall–Kier alpha value is -2.70. The predicted molar refractivity (Wildman–Crippen MR) is 149 cm³/mol. The molecule has 8 atom stereocenters. The molecule has 4 bridgehead atoms. The molecule has 0 unspecified atom stereocenters. The summed E-state index contributed by atoms with van der Waals surface area (Å²) in [5.74, 6) is 1.11. The van der Waals surface area contributed by atoms with Crippen molar-refractivity contribution in [2.24, 2.45) is 23.7 Å². The summed E-state index contributed by atoms with van der Waals surface area (Å²) >= 11 is 0. The molecule has 0 aromatic heterocycles. The fourth-order valence-electron chi connectivity index (χ4n) is 8.57. The molecule has 4 fully saturated rings. The van der Waals surface area contributed by atoms with Gasteiger partial charge in [0.15, 0.2) is 5.78 Å². The number of hydrogen-bond donors (Lipinski definition) is 0. The molecule has 6 heteroatoms. The largest absolute Gasteiger partial charge is 0.444 e. The first-order valence-electron chi connectivity index (χ1n) is 14.3. The summed E-state index contributed by atoms with van der Waals surface area (Å²) in [5.41, 5.74) is 0. The van der Waals surface area contributed by atoms with E-state index in [0.29, 0.717) is 12.3 Å².